The minimum absolute atomic E-state index is 0.0603. The molecule has 1 aliphatic rings. The number of phenols is 1. The predicted octanol–water partition coefficient (Wildman–Crippen LogP) is 3.02. The lowest BCUT2D eigenvalue weighted by molar-refractivity contribution is -0.121. The lowest BCUT2D eigenvalue weighted by Crippen LogP contribution is -2.35. The molecule has 0 bridgehead atoms. The highest BCUT2D eigenvalue weighted by Gasteiger charge is 2.17. The van der Waals surface area contributed by atoms with E-state index in [0.29, 0.717) is 12.5 Å². The molecule has 0 saturated heterocycles. The van der Waals surface area contributed by atoms with Crippen molar-refractivity contribution in [1.82, 2.24) is 5.32 Å². The molecule has 0 aromatic heterocycles. The molecule has 1 aromatic rings. The quantitative estimate of drug-likeness (QED) is 0.822. The Labute approximate surface area is 115 Å². The first-order valence-electron chi connectivity index (χ1n) is 7.21. The van der Waals surface area contributed by atoms with Gasteiger partial charge >= 0.3 is 0 Å². The standard InChI is InChI=1S/C16H23NO2/c1-12-4-2-6-14(9-8-12)17-16(19)11-13-5-3-7-15(18)10-13/h3,5,7,10,12,14,18H,2,4,6,8-9,11H2,1H3,(H,17,19). The van der Waals surface area contributed by atoms with Crippen LogP contribution in [-0.4, -0.2) is 17.1 Å². The van der Waals surface area contributed by atoms with Gasteiger partial charge in [-0.1, -0.05) is 31.9 Å². The molecule has 0 heterocycles. The van der Waals surface area contributed by atoms with Crippen LogP contribution in [-0.2, 0) is 11.2 Å². The molecule has 0 aliphatic heterocycles. The average molecular weight is 261 g/mol. The normalized spacial score (nSPS) is 23.6. The van der Waals surface area contributed by atoms with Crippen LogP contribution in [0.25, 0.3) is 0 Å². The number of carbonyl (C=O) groups excluding carboxylic acids is 1. The van der Waals surface area contributed by atoms with E-state index in [0.717, 1.165) is 24.3 Å². The fourth-order valence-electron chi connectivity index (χ4n) is 2.76. The van der Waals surface area contributed by atoms with Crippen molar-refractivity contribution in [1.29, 1.82) is 0 Å². The van der Waals surface area contributed by atoms with Gasteiger partial charge in [0.1, 0.15) is 5.75 Å². The van der Waals surface area contributed by atoms with E-state index in [1.54, 1.807) is 18.2 Å². The topological polar surface area (TPSA) is 49.3 Å². The fraction of sp³-hybridized carbons (Fsp3) is 0.562. The minimum Gasteiger partial charge on any atom is -0.508 e. The molecule has 2 rings (SSSR count). The van der Waals surface area contributed by atoms with E-state index in [4.69, 9.17) is 0 Å². The summed E-state index contributed by atoms with van der Waals surface area (Å²) < 4.78 is 0. The van der Waals surface area contributed by atoms with Gasteiger partial charge in [0.15, 0.2) is 0 Å². The maximum Gasteiger partial charge on any atom is 0.224 e. The zero-order valence-electron chi connectivity index (χ0n) is 11.6. The van der Waals surface area contributed by atoms with Crippen LogP contribution in [0.4, 0.5) is 0 Å². The summed E-state index contributed by atoms with van der Waals surface area (Å²) in [6.45, 7) is 2.29. The molecule has 1 fully saturated rings. The van der Waals surface area contributed by atoms with E-state index < -0.39 is 0 Å². The molecule has 3 heteroatoms. The predicted molar refractivity (Wildman–Crippen MR) is 76.0 cm³/mol. The third kappa shape index (κ3) is 4.58. The summed E-state index contributed by atoms with van der Waals surface area (Å²) in [5.74, 6) is 1.06. The van der Waals surface area contributed by atoms with Crippen LogP contribution in [0.2, 0.25) is 0 Å². The van der Waals surface area contributed by atoms with Gasteiger partial charge in [0.25, 0.3) is 0 Å². The molecule has 1 aliphatic carbocycles. The van der Waals surface area contributed by atoms with E-state index in [1.165, 1.54) is 19.3 Å². The van der Waals surface area contributed by atoms with Crippen LogP contribution < -0.4 is 5.32 Å². The van der Waals surface area contributed by atoms with Crippen LogP contribution in [0, 0.1) is 5.92 Å². The molecule has 19 heavy (non-hydrogen) atoms. The second-order valence-corrected chi connectivity index (χ2v) is 5.72. The number of carbonyl (C=O) groups is 1. The van der Waals surface area contributed by atoms with Crippen LogP contribution in [0.15, 0.2) is 24.3 Å². The van der Waals surface area contributed by atoms with Crippen LogP contribution in [0.3, 0.4) is 0 Å². The molecule has 2 N–H and O–H groups in total. The Morgan fingerprint density at radius 2 is 2.16 bits per heavy atom. The number of rotatable bonds is 3. The van der Waals surface area contributed by atoms with Crippen LogP contribution >= 0.6 is 0 Å². The van der Waals surface area contributed by atoms with Crippen molar-refractivity contribution in [2.24, 2.45) is 5.92 Å². The lowest BCUT2D eigenvalue weighted by Gasteiger charge is -2.16. The lowest BCUT2D eigenvalue weighted by atomic mass is 10.0. The number of hydrogen-bond donors (Lipinski definition) is 2. The first kappa shape index (κ1) is 13.9. The van der Waals surface area contributed by atoms with Crippen LogP contribution in [0.5, 0.6) is 5.75 Å². The highest BCUT2D eigenvalue weighted by atomic mass is 16.3. The third-order valence-electron chi connectivity index (χ3n) is 3.90. The summed E-state index contributed by atoms with van der Waals surface area (Å²) in [5.41, 5.74) is 0.861. The van der Waals surface area contributed by atoms with Gasteiger partial charge in [0.2, 0.25) is 5.91 Å². The molecular formula is C16H23NO2. The van der Waals surface area contributed by atoms with E-state index in [-0.39, 0.29) is 11.7 Å². The third-order valence-corrected chi connectivity index (χ3v) is 3.90. The van der Waals surface area contributed by atoms with Gasteiger partial charge < -0.3 is 10.4 Å². The number of phenolic OH excluding ortho intramolecular Hbond substituents is 1. The van der Waals surface area contributed by atoms with Gasteiger partial charge in [-0.05, 0) is 42.9 Å². The van der Waals surface area contributed by atoms with E-state index in [1.807, 2.05) is 6.07 Å². The molecule has 2 unspecified atom stereocenters. The Kier molecular flexibility index (Phi) is 4.83. The maximum atomic E-state index is 12.0. The Balaban J connectivity index is 1.84. The van der Waals surface area contributed by atoms with Crippen molar-refractivity contribution in [3.63, 3.8) is 0 Å². The molecule has 1 amide bonds. The monoisotopic (exact) mass is 261 g/mol. The Morgan fingerprint density at radius 3 is 2.95 bits per heavy atom. The van der Waals surface area contributed by atoms with Crippen molar-refractivity contribution >= 4 is 5.91 Å². The summed E-state index contributed by atoms with van der Waals surface area (Å²) >= 11 is 0. The van der Waals surface area contributed by atoms with E-state index in [9.17, 15) is 9.90 Å². The summed E-state index contributed by atoms with van der Waals surface area (Å²) in [7, 11) is 0. The zero-order valence-corrected chi connectivity index (χ0v) is 11.6. The molecule has 1 saturated carbocycles. The van der Waals surface area contributed by atoms with Gasteiger partial charge in [0, 0.05) is 6.04 Å². The van der Waals surface area contributed by atoms with Gasteiger partial charge in [-0.3, -0.25) is 4.79 Å². The Hall–Kier alpha value is -1.51. The number of benzene rings is 1. The minimum atomic E-state index is 0.0603. The summed E-state index contributed by atoms with van der Waals surface area (Å²) in [5, 5.41) is 12.5. The van der Waals surface area contributed by atoms with Gasteiger partial charge in [-0.2, -0.15) is 0 Å². The van der Waals surface area contributed by atoms with Crippen molar-refractivity contribution in [2.75, 3.05) is 0 Å². The molecule has 2 atom stereocenters. The van der Waals surface area contributed by atoms with E-state index >= 15 is 0 Å². The largest absolute Gasteiger partial charge is 0.508 e. The Morgan fingerprint density at radius 1 is 1.32 bits per heavy atom. The van der Waals surface area contributed by atoms with Gasteiger partial charge in [0.05, 0.1) is 6.42 Å². The van der Waals surface area contributed by atoms with Crippen molar-refractivity contribution < 1.29 is 9.90 Å². The molecular weight excluding hydrogens is 238 g/mol. The average Bonchev–Trinajstić information content (AvgIpc) is 2.54. The molecule has 0 spiro atoms. The molecule has 0 radical (unpaired) electrons. The SMILES string of the molecule is CC1CCCC(NC(=O)Cc2cccc(O)c2)CC1. The van der Waals surface area contributed by atoms with Crippen molar-refractivity contribution in [2.45, 2.75) is 51.5 Å². The second-order valence-electron chi connectivity index (χ2n) is 5.72. The number of nitrogens with one attached hydrogen (secondary N) is 1. The number of aromatic hydroxyl groups is 1. The summed E-state index contributed by atoms with van der Waals surface area (Å²) in [6, 6.07) is 7.23. The van der Waals surface area contributed by atoms with E-state index in [2.05, 4.69) is 12.2 Å². The molecule has 104 valence electrons. The fourth-order valence-corrected chi connectivity index (χ4v) is 2.76. The number of hydrogen-bond acceptors (Lipinski definition) is 2. The zero-order chi connectivity index (χ0) is 13.7. The van der Waals surface area contributed by atoms with Crippen LogP contribution in [0.1, 0.15) is 44.6 Å². The molecule has 3 nitrogen and oxygen atoms in total. The van der Waals surface area contributed by atoms with Crippen molar-refractivity contribution in [3.8, 4) is 5.75 Å². The highest BCUT2D eigenvalue weighted by molar-refractivity contribution is 5.78. The first-order valence-corrected chi connectivity index (χ1v) is 7.21. The van der Waals surface area contributed by atoms with Crippen molar-refractivity contribution in [3.05, 3.63) is 29.8 Å². The second kappa shape index (κ2) is 6.60. The molecule has 1 aromatic carbocycles. The smallest absolute Gasteiger partial charge is 0.224 e. The maximum absolute atomic E-state index is 12.0. The highest BCUT2D eigenvalue weighted by Crippen LogP contribution is 2.22. The first-order chi connectivity index (χ1) is 9.13. The van der Waals surface area contributed by atoms with Gasteiger partial charge in [-0.25, -0.2) is 0 Å². The summed E-state index contributed by atoms with van der Waals surface area (Å²) in [4.78, 5) is 12.0. The summed E-state index contributed by atoms with van der Waals surface area (Å²) in [6.07, 6.45) is 6.22. The van der Waals surface area contributed by atoms with Gasteiger partial charge in [-0.15, -0.1) is 0 Å². The Bertz CT molecular complexity index is 431. The number of amides is 1.